The number of nitrogens with zero attached hydrogens (tertiary/aromatic N) is 1. The number of hydrogen-bond acceptors (Lipinski definition) is 3. The average molecular weight is 276 g/mol. The van der Waals surface area contributed by atoms with E-state index in [2.05, 4.69) is 4.90 Å². The maximum Gasteiger partial charge on any atom is 0.123 e. The molecule has 0 radical (unpaired) electrons. The summed E-state index contributed by atoms with van der Waals surface area (Å²) >= 11 is 0. The molecule has 0 unspecified atom stereocenters. The third-order valence-corrected chi connectivity index (χ3v) is 5.33. The standard InChI is InChI=1S/C16H21FN2O/c17-13-2-3-14-10(5-13)1-4-15(16(14)18)19-6-11-8-20-9-12(11)7-19/h2-3,5,11-12,15-16H,1,4,6-9,18H2/t11-,12+,15-,16+/m0/s1. The van der Waals surface area contributed by atoms with E-state index in [0.29, 0.717) is 17.9 Å². The molecule has 2 aliphatic heterocycles. The van der Waals surface area contributed by atoms with Gasteiger partial charge in [0.15, 0.2) is 0 Å². The van der Waals surface area contributed by atoms with Gasteiger partial charge >= 0.3 is 0 Å². The van der Waals surface area contributed by atoms with E-state index in [4.69, 9.17) is 10.5 Å². The second-order valence-electron chi connectivity index (χ2n) is 6.49. The van der Waals surface area contributed by atoms with Crippen LogP contribution in [0.5, 0.6) is 0 Å². The molecule has 2 saturated heterocycles. The van der Waals surface area contributed by atoms with Gasteiger partial charge in [0.25, 0.3) is 0 Å². The summed E-state index contributed by atoms with van der Waals surface area (Å²) in [6, 6.07) is 5.48. The van der Waals surface area contributed by atoms with Crippen LogP contribution in [0.25, 0.3) is 0 Å². The van der Waals surface area contributed by atoms with Crippen molar-refractivity contribution in [2.75, 3.05) is 26.3 Å². The lowest BCUT2D eigenvalue weighted by atomic mass is 9.83. The summed E-state index contributed by atoms with van der Waals surface area (Å²) in [7, 11) is 0. The smallest absolute Gasteiger partial charge is 0.123 e. The summed E-state index contributed by atoms with van der Waals surface area (Å²) in [6.45, 7) is 4.04. The molecule has 0 bridgehead atoms. The second-order valence-corrected chi connectivity index (χ2v) is 6.49. The van der Waals surface area contributed by atoms with Crippen LogP contribution < -0.4 is 5.73 Å². The molecule has 108 valence electrons. The number of aryl methyl sites for hydroxylation is 1. The van der Waals surface area contributed by atoms with Gasteiger partial charge in [0.2, 0.25) is 0 Å². The first-order valence-corrected chi connectivity index (χ1v) is 7.58. The zero-order valence-electron chi connectivity index (χ0n) is 11.6. The number of rotatable bonds is 1. The number of nitrogens with two attached hydrogens (primary N) is 1. The lowest BCUT2D eigenvalue weighted by Gasteiger charge is -2.37. The van der Waals surface area contributed by atoms with Crippen molar-refractivity contribution >= 4 is 0 Å². The molecule has 1 aromatic rings. The van der Waals surface area contributed by atoms with Crippen molar-refractivity contribution in [1.82, 2.24) is 4.90 Å². The Hall–Kier alpha value is -0.970. The minimum atomic E-state index is -0.151. The summed E-state index contributed by atoms with van der Waals surface area (Å²) in [5, 5.41) is 0. The highest BCUT2D eigenvalue weighted by atomic mass is 19.1. The number of ether oxygens (including phenoxy) is 1. The van der Waals surface area contributed by atoms with Gasteiger partial charge in [0.05, 0.1) is 13.2 Å². The van der Waals surface area contributed by atoms with Crippen molar-refractivity contribution in [3.05, 3.63) is 35.1 Å². The van der Waals surface area contributed by atoms with Crippen LogP contribution in [0.1, 0.15) is 23.6 Å². The van der Waals surface area contributed by atoms with Crippen molar-refractivity contribution in [2.45, 2.75) is 24.9 Å². The molecule has 2 heterocycles. The third-order valence-electron chi connectivity index (χ3n) is 5.33. The summed E-state index contributed by atoms with van der Waals surface area (Å²) in [4.78, 5) is 2.55. The molecule has 2 N–H and O–H groups in total. The maximum atomic E-state index is 13.3. The molecule has 0 saturated carbocycles. The van der Waals surface area contributed by atoms with Crippen LogP contribution in [0.4, 0.5) is 4.39 Å². The molecule has 1 aliphatic carbocycles. The fourth-order valence-corrected chi connectivity index (χ4v) is 4.21. The zero-order chi connectivity index (χ0) is 13.7. The number of benzene rings is 1. The highest BCUT2D eigenvalue weighted by Crippen LogP contribution is 2.37. The van der Waals surface area contributed by atoms with E-state index >= 15 is 0 Å². The molecule has 3 aliphatic rings. The highest BCUT2D eigenvalue weighted by Gasteiger charge is 2.42. The lowest BCUT2D eigenvalue weighted by Crippen LogP contribution is -2.45. The van der Waals surface area contributed by atoms with Crippen molar-refractivity contribution in [1.29, 1.82) is 0 Å². The van der Waals surface area contributed by atoms with Gasteiger partial charge < -0.3 is 10.5 Å². The van der Waals surface area contributed by atoms with Crippen molar-refractivity contribution in [2.24, 2.45) is 17.6 Å². The molecule has 1 aromatic carbocycles. The van der Waals surface area contributed by atoms with E-state index in [1.54, 1.807) is 6.07 Å². The first kappa shape index (κ1) is 12.7. The Morgan fingerprint density at radius 3 is 2.70 bits per heavy atom. The minimum Gasteiger partial charge on any atom is -0.381 e. The molecule has 4 heteroatoms. The number of hydrogen-bond donors (Lipinski definition) is 1. The Morgan fingerprint density at radius 1 is 1.20 bits per heavy atom. The first-order chi connectivity index (χ1) is 9.72. The minimum absolute atomic E-state index is 0.0131. The van der Waals surface area contributed by atoms with Gasteiger partial charge in [-0.15, -0.1) is 0 Å². The van der Waals surface area contributed by atoms with Crippen LogP contribution in [0, 0.1) is 17.7 Å². The van der Waals surface area contributed by atoms with Crippen LogP contribution >= 0.6 is 0 Å². The molecule has 0 amide bonds. The Kier molecular flexibility index (Phi) is 3.05. The number of likely N-dealkylation sites (tertiary alicyclic amines) is 1. The molecular weight excluding hydrogens is 255 g/mol. The van der Waals surface area contributed by atoms with Crippen LogP contribution in [0.2, 0.25) is 0 Å². The topological polar surface area (TPSA) is 38.5 Å². The number of halogens is 1. The van der Waals surface area contributed by atoms with E-state index in [0.717, 1.165) is 50.3 Å². The van der Waals surface area contributed by atoms with Crippen LogP contribution in [-0.4, -0.2) is 37.2 Å². The monoisotopic (exact) mass is 276 g/mol. The van der Waals surface area contributed by atoms with Crippen molar-refractivity contribution in [3.63, 3.8) is 0 Å². The molecule has 3 nitrogen and oxygen atoms in total. The Morgan fingerprint density at radius 2 is 1.95 bits per heavy atom. The molecule has 20 heavy (non-hydrogen) atoms. The highest BCUT2D eigenvalue weighted by molar-refractivity contribution is 5.34. The van der Waals surface area contributed by atoms with Crippen molar-refractivity contribution in [3.8, 4) is 0 Å². The summed E-state index contributed by atoms with van der Waals surface area (Å²) < 4.78 is 18.9. The van der Waals surface area contributed by atoms with Gasteiger partial charge in [-0.2, -0.15) is 0 Å². The number of fused-ring (bicyclic) bond motifs is 2. The molecule has 2 fully saturated rings. The first-order valence-electron chi connectivity index (χ1n) is 7.58. The van der Waals surface area contributed by atoms with E-state index in [1.165, 1.54) is 6.07 Å². The van der Waals surface area contributed by atoms with Gasteiger partial charge in [0, 0.05) is 37.0 Å². The third kappa shape index (κ3) is 1.98. The lowest BCUT2D eigenvalue weighted by molar-refractivity contribution is 0.124. The maximum absolute atomic E-state index is 13.3. The van der Waals surface area contributed by atoms with E-state index < -0.39 is 0 Å². The van der Waals surface area contributed by atoms with Crippen molar-refractivity contribution < 1.29 is 9.13 Å². The Bertz CT molecular complexity index is 509. The summed E-state index contributed by atoms with van der Waals surface area (Å²) in [5.74, 6) is 1.23. The molecule has 4 atom stereocenters. The normalized spacial score (nSPS) is 36.9. The van der Waals surface area contributed by atoms with E-state index in [9.17, 15) is 4.39 Å². The van der Waals surface area contributed by atoms with E-state index in [-0.39, 0.29) is 11.9 Å². The zero-order valence-corrected chi connectivity index (χ0v) is 11.6. The van der Waals surface area contributed by atoms with Gasteiger partial charge in [-0.1, -0.05) is 6.07 Å². The predicted octanol–water partition coefficient (Wildman–Crippen LogP) is 1.72. The fourth-order valence-electron chi connectivity index (χ4n) is 4.21. The predicted molar refractivity (Wildman–Crippen MR) is 74.8 cm³/mol. The second kappa shape index (κ2) is 4.79. The van der Waals surface area contributed by atoms with Gasteiger partial charge in [-0.05, 0) is 36.1 Å². The van der Waals surface area contributed by atoms with E-state index in [1.807, 2.05) is 6.07 Å². The quantitative estimate of drug-likeness (QED) is 0.849. The molecule has 4 rings (SSSR count). The molecule has 0 aromatic heterocycles. The van der Waals surface area contributed by atoms with Crippen LogP contribution in [0.3, 0.4) is 0 Å². The average Bonchev–Trinajstić information content (AvgIpc) is 2.99. The summed E-state index contributed by atoms with van der Waals surface area (Å²) in [6.07, 6.45) is 1.98. The molecule has 0 spiro atoms. The van der Waals surface area contributed by atoms with Crippen LogP contribution in [0.15, 0.2) is 18.2 Å². The Labute approximate surface area is 118 Å². The van der Waals surface area contributed by atoms with Gasteiger partial charge in [-0.25, -0.2) is 4.39 Å². The SMILES string of the molecule is N[C@@H]1c2ccc(F)cc2CC[C@@H]1N1C[C@H]2COC[C@H]2C1. The molecular formula is C16H21FN2O. The van der Waals surface area contributed by atoms with Gasteiger partial charge in [0.1, 0.15) is 5.82 Å². The summed E-state index contributed by atoms with van der Waals surface area (Å²) in [5.41, 5.74) is 8.70. The fraction of sp³-hybridized carbons (Fsp3) is 0.625. The van der Waals surface area contributed by atoms with Crippen LogP contribution in [-0.2, 0) is 11.2 Å². The largest absolute Gasteiger partial charge is 0.381 e. The Balaban J connectivity index is 1.55. The van der Waals surface area contributed by atoms with Gasteiger partial charge in [-0.3, -0.25) is 4.90 Å².